The van der Waals surface area contributed by atoms with Crippen LogP contribution in [0.25, 0.3) is 0 Å². The van der Waals surface area contributed by atoms with Crippen LogP contribution in [0.4, 0.5) is 5.69 Å². The van der Waals surface area contributed by atoms with Gasteiger partial charge < -0.3 is 5.32 Å². The Labute approximate surface area is 115 Å². The Morgan fingerprint density at radius 2 is 1.61 bits per heavy atom. The second-order valence-electron chi connectivity index (χ2n) is 4.30. The molecule has 0 unspecified atom stereocenters. The number of aryl methyl sites for hydroxylation is 2. The molecule has 0 aromatic heterocycles. The third-order valence-electron chi connectivity index (χ3n) is 2.68. The summed E-state index contributed by atoms with van der Waals surface area (Å²) in [5.74, 6) is -0.106. The molecule has 0 spiro atoms. The van der Waals surface area contributed by atoms with E-state index in [-0.39, 0.29) is 5.91 Å². The summed E-state index contributed by atoms with van der Waals surface area (Å²) < 4.78 is 0.812. The summed E-state index contributed by atoms with van der Waals surface area (Å²) in [4.78, 5) is 12.1. The molecule has 0 radical (unpaired) electrons. The first-order valence-electron chi connectivity index (χ1n) is 5.70. The lowest BCUT2D eigenvalue weighted by Crippen LogP contribution is -2.12. The Kier molecular flexibility index (Phi) is 3.82. The van der Waals surface area contributed by atoms with Gasteiger partial charge in [0.15, 0.2) is 0 Å². The molecule has 2 rings (SSSR count). The maximum Gasteiger partial charge on any atom is 0.256 e. The predicted molar refractivity (Wildman–Crippen MR) is 78.0 cm³/mol. The largest absolute Gasteiger partial charge is 0.322 e. The topological polar surface area (TPSA) is 29.1 Å². The fourth-order valence-corrected chi connectivity index (χ4v) is 2.31. The maximum atomic E-state index is 12.1. The van der Waals surface area contributed by atoms with Gasteiger partial charge in [0.05, 0.1) is 5.56 Å². The van der Waals surface area contributed by atoms with Crippen LogP contribution in [0.3, 0.4) is 0 Å². The third-order valence-corrected chi connectivity index (χ3v) is 3.33. The molecule has 0 saturated heterocycles. The minimum Gasteiger partial charge on any atom is -0.322 e. The lowest BCUT2D eigenvalue weighted by molar-refractivity contribution is 0.102. The number of anilines is 1. The molecule has 0 saturated carbocycles. The highest BCUT2D eigenvalue weighted by molar-refractivity contribution is 9.10. The van der Waals surface area contributed by atoms with Crippen molar-refractivity contribution in [3.63, 3.8) is 0 Å². The SMILES string of the molecule is Cc1ccc(NC(=O)c2ccc(C)cc2Br)cc1. The quantitative estimate of drug-likeness (QED) is 0.879. The van der Waals surface area contributed by atoms with Crippen molar-refractivity contribution >= 4 is 27.5 Å². The summed E-state index contributed by atoms with van der Waals surface area (Å²) in [7, 11) is 0. The van der Waals surface area contributed by atoms with E-state index in [0.717, 1.165) is 15.7 Å². The molecular weight excluding hydrogens is 290 g/mol. The number of nitrogens with one attached hydrogen (secondary N) is 1. The first kappa shape index (κ1) is 12.8. The standard InChI is InChI=1S/C15H14BrNO/c1-10-3-6-12(7-4-10)17-15(18)13-8-5-11(2)9-14(13)16/h3-9H,1-2H3,(H,17,18). The van der Waals surface area contributed by atoms with Gasteiger partial charge in [0.2, 0.25) is 0 Å². The van der Waals surface area contributed by atoms with Gasteiger partial charge in [-0.2, -0.15) is 0 Å². The molecule has 0 fully saturated rings. The van der Waals surface area contributed by atoms with Crippen molar-refractivity contribution in [1.29, 1.82) is 0 Å². The number of carbonyl (C=O) groups excluding carboxylic acids is 1. The monoisotopic (exact) mass is 303 g/mol. The molecule has 0 heterocycles. The number of carbonyl (C=O) groups is 1. The fraction of sp³-hybridized carbons (Fsp3) is 0.133. The van der Waals surface area contributed by atoms with Crippen LogP contribution in [0.5, 0.6) is 0 Å². The van der Waals surface area contributed by atoms with E-state index in [1.165, 1.54) is 5.56 Å². The van der Waals surface area contributed by atoms with E-state index in [2.05, 4.69) is 21.2 Å². The van der Waals surface area contributed by atoms with E-state index >= 15 is 0 Å². The number of halogens is 1. The minimum absolute atomic E-state index is 0.106. The van der Waals surface area contributed by atoms with Crippen LogP contribution in [-0.4, -0.2) is 5.91 Å². The molecule has 92 valence electrons. The maximum absolute atomic E-state index is 12.1. The molecule has 2 aromatic rings. The lowest BCUT2D eigenvalue weighted by Gasteiger charge is -2.07. The van der Waals surface area contributed by atoms with Crippen molar-refractivity contribution in [2.45, 2.75) is 13.8 Å². The Balaban J connectivity index is 2.19. The molecular formula is C15H14BrNO. The highest BCUT2D eigenvalue weighted by atomic mass is 79.9. The molecule has 0 atom stereocenters. The summed E-state index contributed by atoms with van der Waals surface area (Å²) in [6, 6.07) is 13.4. The summed E-state index contributed by atoms with van der Waals surface area (Å²) in [5.41, 5.74) is 3.73. The van der Waals surface area contributed by atoms with Crippen molar-refractivity contribution in [3.8, 4) is 0 Å². The van der Waals surface area contributed by atoms with Gasteiger partial charge in [-0.1, -0.05) is 23.8 Å². The van der Waals surface area contributed by atoms with Crippen molar-refractivity contribution in [2.75, 3.05) is 5.32 Å². The molecule has 1 amide bonds. The molecule has 0 aliphatic carbocycles. The molecule has 2 aromatic carbocycles. The summed E-state index contributed by atoms with van der Waals surface area (Å²) in [6.07, 6.45) is 0. The second kappa shape index (κ2) is 5.36. The van der Waals surface area contributed by atoms with Crippen LogP contribution < -0.4 is 5.32 Å². The van der Waals surface area contributed by atoms with Gasteiger partial charge in [-0.25, -0.2) is 0 Å². The van der Waals surface area contributed by atoms with Crippen LogP contribution in [0.1, 0.15) is 21.5 Å². The van der Waals surface area contributed by atoms with Crippen molar-refractivity contribution in [1.82, 2.24) is 0 Å². The van der Waals surface area contributed by atoms with Gasteiger partial charge in [-0.3, -0.25) is 4.79 Å². The van der Waals surface area contributed by atoms with E-state index in [1.54, 1.807) is 0 Å². The summed E-state index contributed by atoms with van der Waals surface area (Å²) in [5, 5.41) is 2.88. The summed E-state index contributed by atoms with van der Waals surface area (Å²) >= 11 is 3.41. The number of rotatable bonds is 2. The predicted octanol–water partition coefficient (Wildman–Crippen LogP) is 4.32. The Morgan fingerprint density at radius 3 is 2.22 bits per heavy atom. The van der Waals surface area contributed by atoms with E-state index < -0.39 is 0 Å². The van der Waals surface area contributed by atoms with E-state index in [0.29, 0.717) is 5.56 Å². The number of hydrogen-bond donors (Lipinski definition) is 1. The van der Waals surface area contributed by atoms with Gasteiger partial charge in [0, 0.05) is 10.2 Å². The molecule has 3 heteroatoms. The highest BCUT2D eigenvalue weighted by Gasteiger charge is 2.09. The van der Waals surface area contributed by atoms with Gasteiger partial charge in [-0.15, -0.1) is 0 Å². The fourth-order valence-electron chi connectivity index (χ4n) is 1.64. The average Bonchev–Trinajstić information content (AvgIpc) is 2.32. The van der Waals surface area contributed by atoms with Crippen LogP contribution in [0.2, 0.25) is 0 Å². The first-order chi connectivity index (χ1) is 8.56. The zero-order chi connectivity index (χ0) is 13.1. The van der Waals surface area contributed by atoms with Crippen molar-refractivity contribution in [2.24, 2.45) is 0 Å². The van der Waals surface area contributed by atoms with Gasteiger partial charge >= 0.3 is 0 Å². The van der Waals surface area contributed by atoms with Gasteiger partial charge in [0.25, 0.3) is 5.91 Å². The Hall–Kier alpha value is -1.61. The Morgan fingerprint density at radius 1 is 1.00 bits per heavy atom. The van der Waals surface area contributed by atoms with Crippen LogP contribution >= 0.6 is 15.9 Å². The van der Waals surface area contributed by atoms with Crippen LogP contribution in [0, 0.1) is 13.8 Å². The smallest absolute Gasteiger partial charge is 0.256 e. The van der Waals surface area contributed by atoms with Crippen molar-refractivity contribution in [3.05, 3.63) is 63.6 Å². The molecule has 2 nitrogen and oxygen atoms in total. The van der Waals surface area contributed by atoms with E-state index in [9.17, 15) is 4.79 Å². The number of benzene rings is 2. The average molecular weight is 304 g/mol. The second-order valence-corrected chi connectivity index (χ2v) is 5.16. The Bertz CT molecular complexity index is 576. The van der Waals surface area contributed by atoms with Gasteiger partial charge in [-0.05, 0) is 59.6 Å². The minimum atomic E-state index is -0.106. The number of amides is 1. The molecule has 18 heavy (non-hydrogen) atoms. The van der Waals surface area contributed by atoms with Crippen LogP contribution in [-0.2, 0) is 0 Å². The van der Waals surface area contributed by atoms with Crippen LogP contribution in [0.15, 0.2) is 46.9 Å². The summed E-state index contributed by atoms with van der Waals surface area (Å²) in [6.45, 7) is 4.01. The molecule has 0 bridgehead atoms. The van der Waals surface area contributed by atoms with E-state index in [4.69, 9.17) is 0 Å². The zero-order valence-corrected chi connectivity index (χ0v) is 11.9. The number of hydrogen-bond acceptors (Lipinski definition) is 1. The molecule has 1 N–H and O–H groups in total. The van der Waals surface area contributed by atoms with E-state index in [1.807, 2.05) is 56.3 Å². The van der Waals surface area contributed by atoms with Gasteiger partial charge in [0.1, 0.15) is 0 Å². The highest BCUT2D eigenvalue weighted by Crippen LogP contribution is 2.20. The van der Waals surface area contributed by atoms with Crippen molar-refractivity contribution < 1.29 is 4.79 Å². The molecule has 0 aliphatic heterocycles. The molecule has 0 aliphatic rings. The normalized spacial score (nSPS) is 10.2. The third kappa shape index (κ3) is 2.99. The first-order valence-corrected chi connectivity index (χ1v) is 6.50. The zero-order valence-electron chi connectivity index (χ0n) is 10.3. The lowest BCUT2D eigenvalue weighted by atomic mass is 10.1.